The Bertz CT molecular complexity index is 365. The van der Waals surface area contributed by atoms with E-state index in [4.69, 9.17) is 9.47 Å². The molecule has 24 heavy (non-hydrogen) atoms. The van der Waals surface area contributed by atoms with Gasteiger partial charge in [-0.1, -0.05) is 52.4 Å². The molecule has 0 aromatic carbocycles. The zero-order valence-corrected chi connectivity index (χ0v) is 16.1. The molecular weight excluding hydrogens is 304 g/mol. The first kappa shape index (κ1) is 21.0. The van der Waals surface area contributed by atoms with Crippen molar-refractivity contribution < 1.29 is 19.1 Å². The van der Waals surface area contributed by atoms with E-state index in [9.17, 15) is 9.59 Å². The van der Waals surface area contributed by atoms with E-state index in [-0.39, 0.29) is 11.9 Å². The summed E-state index contributed by atoms with van der Waals surface area (Å²) in [4.78, 5) is 25.5. The number of hydrogen-bond acceptors (Lipinski definition) is 4. The second kappa shape index (κ2) is 10.7. The zero-order chi connectivity index (χ0) is 18.0. The van der Waals surface area contributed by atoms with Crippen LogP contribution in [0, 0.1) is 17.3 Å². The normalized spacial score (nSPS) is 15.7. The molecule has 0 aliphatic heterocycles. The molecule has 0 radical (unpaired) electrons. The molecule has 1 aliphatic rings. The summed E-state index contributed by atoms with van der Waals surface area (Å²) >= 11 is 0. The first-order valence-electron chi connectivity index (χ1n) is 9.80. The molecule has 1 aliphatic carbocycles. The van der Waals surface area contributed by atoms with Gasteiger partial charge in [-0.3, -0.25) is 9.59 Å². The summed E-state index contributed by atoms with van der Waals surface area (Å²) in [5, 5.41) is 0. The minimum atomic E-state index is -1.11. The Balaban J connectivity index is 2.90. The van der Waals surface area contributed by atoms with Gasteiger partial charge >= 0.3 is 11.9 Å². The van der Waals surface area contributed by atoms with Crippen molar-refractivity contribution in [1.82, 2.24) is 0 Å². The van der Waals surface area contributed by atoms with Gasteiger partial charge in [0, 0.05) is 0 Å². The fraction of sp³-hybridized carbons (Fsp3) is 0.900. The second-order valence-electron chi connectivity index (χ2n) is 7.50. The number of ether oxygens (including phenoxy) is 2. The van der Waals surface area contributed by atoms with Crippen molar-refractivity contribution in [1.29, 1.82) is 0 Å². The van der Waals surface area contributed by atoms with Crippen LogP contribution in [0.25, 0.3) is 0 Å². The highest BCUT2D eigenvalue weighted by atomic mass is 16.6. The van der Waals surface area contributed by atoms with Crippen molar-refractivity contribution in [3.8, 4) is 0 Å². The van der Waals surface area contributed by atoms with Gasteiger partial charge < -0.3 is 9.47 Å². The Morgan fingerprint density at radius 2 is 1.54 bits per heavy atom. The molecule has 140 valence electrons. The molecule has 0 aromatic heterocycles. The largest absolute Gasteiger partial charge is 0.465 e. The van der Waals surface area contributed by atoms with Crippen molar-refractivity contribution in [3.63, 3.8) is 0 Å². The van der Waals surface area contributed by atoms with Crippen LogP contribution in [0.1, 0.15) is 85.5 Å². The Labute approximate surface area is 147 Å². The SMILES string of the molecule is CCOC(=O)C(CCCC(C)C)(CCC1CCCC1)C(=O)OCC. The zero-order valence-electron chi connectivity index (χ0n) is 16.1. The molecule has 0 spiro atoms. The van der Waals surface area contributed by atoms with Crippen LogP contribution in [0.3, 0.4) is 0 Å². The highest BCUT2D eigenvalue weighted by Crippen LogP contribution is 2.39. The quantitative estimate of drug-likeness (QED) is 0.397. The molecule has 0 heterocycles. The highest BCUT2D eigenvalue weighted by Gasteiger charge is 2.48. The van der Waals surface area contributed by atoms with E-state index in [2.05, 4.69) is 13.8 Å². The van der Waals surface area contributed by atoms with Crippen molar-refractivity contribution in [2.45, 2.75) is 85.5 Å². The monoisotopic (exact) mass is 340 g/mol. The van der Waals surface area contributed by atoms with Gasteiger partial charge in [0.15, 0.2) is 5.41 Å². The van der Waals surface area contributed by atoms with Gasteiger partial charge in [-0.25, -0.2) is 0 Å². The molecule has 1 fully saturated rings. The van der Waals surface area contributed by atoms with Crippen molar-refractivity contribution in [2.75, 3.05) is 13.2 Å². The van der Waals surface area contributed by atoms with E-state index in [1.54, 1.807) is 13.8 Å². The smallest absolute Gasteiger partial charge is 0.323 e. The summed E-state index contributed by atoms with van der Waals surface area (Å²) in [5.41, 5.74) is -1.11. The summed E-state index contributed by atoms with van der Waals surface area (Å²) in [6, 6.07) is 0. The number of carbonyl (C=O) groups is 2. The molecule has 0 unspecified atom stereocenters. The Kier molecular flexibility index (Phi) is 9.38. The van der Waals surface area contributed by atoms with Gasteiger partial charge in [0.25, 0.3) is 0 Å². The molecular formula is C20H36O4. The summed E-state index contributed by atoms with van der Waals surface area (Å²) in [5.74, 6) is 0.427. The molecule has 0 N–H and O–H groups in total. The van der Waals surface area contributed by atoms with Crippen LogP contribution in [-0.2, 0) is 19.1 Å². The lowest BCUT2D eigenvalue weighted by molar-refractivity contribution is -0.173. The average Bonchev–Trinajstić information content (AvgIpc) is 3.04. The van der Waals surface area contributed by atoms with Crippen LogP contribution < -0.4 is 0 Å². The van der Waals surface area contributed by atoms with Crippen LogP contribution in [0.2, 0.25) is 0 Å². The van der Waals surface area contributed by atoms with E-state index in [0.717, 1.165) is 19.3 Å². The number of esters is 2. The van der Waals surface area contributed by atoms with Gasteiger partial charge in [-0.15, -0.1) is 0 Å². The third kappa shape index (κ3) is 6.10. The highest BCUT2D eigenvalue weighted by molar-refractivity contribution is 6.00. The Morgan fingerprint density at radius 3 is 2.00 bits per heavy atom. The van der Waals surface area contributed by atoms with Crippen molar-refractivity contribution >= 4 is 11.9 Å². The lowest BCUT2D eigenvalue weighted by Crippen LogP contribution is -2.42. The Hall–Kier alpha value is -1.06. The van der Waals surface area contributed by atoms with Gasteiger partial charge in [-0.05, 0) is 44.9 Å². The lowest BCUT2D eigenvalue weighted by atomic mass is 9.76. The van der Waals surface area contributed by atoms with E-state index < -0.39 is 5.41 Å². The summed E-state index contributed by atoms with van der Waals surface area (Å²) in [6.45, 7) is 8.50. The predicted molar refractivity (Wildman–Crippen MR) is 95.6 cm³/mol. The van der Waals surface area contributed by atoms with Crippen molar-refractivity contribution in [2.24, 2.45) is 17.3 Å². The fourth-order valence-corrected chi connectivity index (χ4v) is 3.72. The van der Waals surface area contributed by atoms with E-state index in [1.807, 2.05) is 0 Å². The van der Waals surface area contributed by atoms with Crippen LogP contribution in [-0.4, -0.2) is 25.2 Å². The topological polar surface area (TPSA) is 52.6 Å². The standard InChI is InChI=1S/C20H36O4/c1-5-23-18(21)20(19(22)24-6-2,14-9-10-16(3)4)15-13-17-11-7-8-12-17/h16-17H,5-15H2,1-4H3. The van der Waals surface area contributed by atoms with Crippen LogP contribution in [0.4, 0.5) is 0 Å². The van der Waals surface area contributed by atoms with Gasteiger partial charge in [-0.2, -0.15) is 0 Å². The van der Waals surface area contributed by atoms with E-state index in [1.165, 1.54) is 25.7 Å². The molecule has 0 amide bonds. The van der Waals surface area contributed by atoms with Gasteiger partial charge in [0.1, 0.15) is 0 Å². The van der Waals surface area contributed by atoms with Crippen LogP contribution >= 0.6 is 0 Å². The first-order valence-corrected chi connectivity index (χ1v) is 9.80. The second-order valence-corrected chi connectivity index (χ2v) is 7.50. The molecule has 4 nitrogen and oxygen atoms in total. The molecule has 0 bridgehead atoms. The van der Waals surface area contributed by atoms with E-state index in [0.29, 0.717) is 37.9 Å². The maximum absolute atomic E-state index is 12.7. The summed E-state index contributed by atoms with van der Waals surface area (Å²) in [6.07, 6.45) is 8.83. The average molecular weight is 341 g/mol. The summed E-state index contributed by atoms with van der Waals surface area (Å²) in [7, 11) is 0. The third-order valence-electron chi connectivity index (χ3n) is 5.17. The van der Waals surface area contributed by atoms with Gasteiger partial charge in [0.05, 0.1) is 13.2 Å². The lowest BCUT2D eigenvalue weighted by Gasteiger charge is -2.30. The van der Waals surface area contributed by atoms with E-state index >= 15 is 0 Å². The van der Waals surface area contributed by atoms with Crippen molar-refractivity contribution in [3.05, 3.63) is 0 Å². The maximum atomic E-state index is 12.7. The summed E-state index contributed by atoms with van der Waals surface area (Å²) < 4.78 is 10.6. The minimum absolute atomic E-state index is 0.299. The van der Waals surface area contributed by atoms with Crippen LogP contribution in [0.5, 0.6) is 0 Å². The molecule has 1 saturated carbocycles. The molecule has 1 rings (SSSR count). The molecule has 0 atom stereocenters. The third-order valence-corrected chi connectivity index (χ3v) is 5.17. The Morgan fingerprint density at radius 1 is 1.00 bits per heavy atom. The first-order chi connectivity index (χ1) is 11.5. The molecule has 0 saturated heterocycles. The number of rotatable bonds is 11. The van der Waals surface area contributed by atoms with Gasteiger partial charge in [0.2, 0.25) is 0 Å². The molecule has 0 aromatic rings. The number of carbonyl (C=O) groups excluding carboxylic acids is 2. The maximum Gasteiger partial charge on any atom is 0.323 e. The number of hydrogen-bond donors (Lipinski definition) is 0. The molecule has 4 heteroatoms. The fourth-order valence-electron chi connectivity index (χ4n) is 3.72. The predicted octanol–water partition coefficient (Wildman–Crippen LogP) is 4.90. The minimum Gasteiger partial charge on any atom is -0.465 e. The van der Waals surface area contributed by atoms with Crippen LogP contribution in [0.15, 0.2) is 0 Å².